The van der Waals surface area contributed by atoms with Crippen LogP contribution in [-0.2, 0) is 9.53 Å². The fraction of sp³-hybridized carbons (Fsp3) is 0.643. The van der Waals surface area contributed by atoms with Gasteiger partial charge in [0.2, 0.25) is 5.91 Å². The van der Waals surface area contributed by atoms with Gasteiger partial charge in [-0.2, -0.15) is 5.10 Å². The molecule has 0 bridgehead atoms. The molecule has 1 aliphatic heterocycles. The largest absolute Gasteiger partial charge is 0.444 e. The number of carbonyl (C=O) groups excluding carboxylic acids is 2. The Balaban J connectivity index is 1.91. The molecule has 1 fully saturated rings. The van der Waals surface area contributed by atoms with E-state index in [1.165, 1.54) is 0 Å². The summed E-state index contributed by atoms with van der Waals surface area (Å²) >= 11 is 0. The number of anilines is 1. The molecule has 2 rings (SSSR count). The van der Waals surface area contributed by atoms with Crippen LogP contribution in [-0.4, -0.2) is 45.8 Å². The van der Waals surface area contributed by atoms with Gasteiger partial charge in [-0.25, -0.2) is 4.79 Å². The van der Waals surface area contributed by atoms with E-state index in [2.05, 4.69) is 15.5 Å². The van der Waals surface area contributed by atoms with Gasteiger partial charge in [0.15, 0.2) is 0 Å². The number of nitrogens with one attached hydrogen (secondary N) is 2. The van der Waals surface area contributed by atoms with Crippen molar-refractivity contribution in [1.82, 2.24) is 15.1 Å². The minimum Gasteiger partial charge on any atom is -0.444 e. The molecule has 0 radical (unpaired) electrons. The molecule has 2 N–H and O–H groups in total. The van der Waals surface area contributed by atoms with E-state index < -0.39 is 5.60 Å². The molecule has 0 saturated carbocycles. The lowest BCUT2D eigenvalue weighted by molar-refractivity contribution is -0.121. The Bertz CT molecular complexity index is 493. The molecule has 116 valence electrons. The van der Waals surface area contributed by atoms with Crippen LogP contribution in [0, 0.1) is 5.92 Å². The third kappa shape index (κ3) is 4.47. The van der Waals surface area contributed by atoms with E-state index in [9.17, 15) is 9.59 Å². The summed E-state index contributed by atoms with van der Waals surface area (Å²) < 4.78 is 5.35. The second-order valence-corrected chi connectivity index (χ2v) is 6.24. The maximum Gasteiger partial charge on any atom is 0.410 e. The van der Waals surface area contributed by atoms with Crippen molar-refractivity contribution in [2.75, 3.05) is 18.4 Å². The highest BCUT2D eigenvalue weighted by molar-refractivity contribution is 5.92. The van der Waals surface area contributed by atoms with Crippen LogP contribution in [0.25, 0.3) is 0 Å². The van der Waals surface area contributed by atoms with Crippen LogP contribution in [0.2, 0.25) is 0 Å². The number of nitrogens with zero attached hydrogens (tertiary/aromatic N) is 2. The molecule has 0 spiro atoms. The quantitative estimate of drug-likeness (QED) is 0.873. The fourth-order valence-corrected chi connectivity index (χ4v) is 2.25. The van der Waals surface area contributed by atoms with E-state index in [1.807, 2.05) is 20.8 Å². The van der Waals surface area contributed by atoms with Gasteiger partial charge in [0, 0.05) is 19.3 Å². The molecular formula is C14H22N4O3. The van der Waals surface area contributed by atoms with Gasteiger partial charge >= 0.3 is 6.09 Å². The number of rotatable bonds is 2. The average molecular weight is 294 g/mol. The summed E-state index contributed by atoms with van der Waals surface area (Å²) in [5.74, 6) is -0.314. The Hall–Kier alpha value is -2.05. The number of likely N-dealkylation sites (tertiary alicyclic amines) is 1. The normalized spacial score (nSPS) is 19.2. The predicted octanol–water partition coefficient (Wildman–Crippen LogP) is 2.00. The number of hydrogen-bond acceptors (Lipinski definition) is 4. The second kappa shape index (κ2) is 6.15. The first-order valence-corrected chi connectivity index (χ1v) is 7.13. The molecule has 21 heavy (non-hydrogen) atoms. The van der Waals surface area contributed by atoms with Gasteiger partial charge in [-0.05, 0) is 33.6 Å². The van der Waals surface area contributed by atoms with Crippen LogP contribution >= 0.6 is 0 Å². The molecule has 1 saturated heterocycles. The molecule has 7 nitrogen and oxygen atoms in total. The van der Waals surface area contributed by atoms with Crippen LogP contribution in [0.3, 0.4) is 0 Å². The first kappa shape index (κ1) is 15.3. The highest BCUT2D eigenvalue weighted by Crippen LogP contribution is 2.20. The molecule has 1 aromatic heterocycles. The molecular weight excluding hydrogens is 272 g/mol. The molecule has 1 atom stereocenters. The summed E-state index contributed by atoms with van der Waals surface area (Å²) in [6.45, 7) is 6.51. The second-order valence-electron chi connectivity index (χ2n) is 6.24. The molecule has 0 unspecified atom stereocenters. The number of amides is 2. The zero-order chi connectivity index (χ0) is 15.5. The van der Waals surface area contributed by atoms with Crippen molar-refractivity contribution in [1.29, 1.82) is 0 Å². The van der Waals surface area contributed by atoms with Gasteiger partial charge in [-0.1, -0.05) is 0 Å². The summed E-state index contributed by atoms with van der Waals surface area (Å²) in [6.07, 6.45) is 4.37. The molecule has 1 aliphatic rings. The van der Waals surface area contributed by atoms with Crippen molar-refractivity contribution >= 4 is 17.7 Å². The zero-order valence-corrected chi connectivity index (χ0v) is 12.7. The third-order valence-electron chi connectivity index (χ3n) is 3.21. The highest BCUT2D eigenvalue weighted by atomic mass is 16.6. The van der Waals surface area contributed by atoms with Gasteiger partial charge in [0.25, 0.3) is 0 Å². The highest BCUT2D eigenvalue weighted by Gasteiger charge is 2.31. The van der Waals surface area contributed by atoms with Crippen molar-refractivity contribution in [3.05, 3.63) is 12.4 Å². The summed E-state index contributed by atoms with van der Waals surface area (Å²) in [7, 11) is 0. The maximum absolute atomic E-state index is 12.2. The molecule has 2 amide bonds. The van der Waals surface area contributed by atoms with E-state index in [0.29, 0.717) is 18.8 Å². The number of H-pyrrole nitrogens is 1. The Kier molecular flexibility index (Phi) is 4.50. The van der Waals surface area contributed by atoms with Gasteiger partial charge in [-0.3, -0.25) is 9.89 Å². The Morgan fingerprint density at radius 1 is 1.48 bits per heavy atom. The van der Waals surface area contributed by atoms with Gasteiger partial charge < -0.3 is 15.0 Å². The third-order valence-corrected chi connectivity index (χ3v) is 3.21. The van der Waals surface area contributed by atoms with E-state index in [-0.39, 0.29) is 17.9 Å². The number of piperidine rings is 1. The van der Waals surface area contributed by atoms with Crippen LogP contribution in [0.5, 0.6) is 0 Å². The number of hydrogen-bond donors (Lipinski definition) is 2. The van der Waals surface area contributed by atoms with E-state index in [4.69, 9.17) is 4.74 Å². The minimum atomic E-state index is -0.525. The smallest absolute Gasteiger partial charge is 0.410 e. The first-order valence-electron chi connectivity index (χ1n) is 7.13. The number of aromatic nitrogens is 2. The lowest BCUT2D eigenvalue weighted by Gasteiger charge is -2.33. The summed E-state index contributed by atoms with van der Waals surface area (Å²) in [5.41, 5.74) is 0.109. The van der Waals surface area contributed by atoms with E-state index in [0.717, 1.165) is 12.8 Å². The zero-order valence-electron chi connectivity index (χ0n) is 12.7. The van der Waals surface area contributed by atoms with Crippen molar-refractivity contribution in [3.8, 4) is 0 Å². The van der Waals surface area contributed by atoms with Crippen molar-refractivity contribution in [2.24, 2.45) is 5.92 Å². The summed E-state index contributed by atoms with van der Waals surface area (Å²) in [4.78, 5) is 25.8. The summed E-state index contributed by atoms with van der Waals surface area (Å²) in [5, 5.41) is 9.21. The first-order chi connectivity index (χ1) is 9.85. The Morgan fingerprint density at radius 3 is 2.86 bits per heavy atom. The maximum atomic E-state index is 12.2. The summed E-state index contributed by atoms with van der Waals surface area (Å²) in [6, 6.07) is 0. The van der Waals surface area contributed by atoms with Crippen LogP contribution in [0.1, 0.15) is 33.6 Å². The number of ether oxygens (including phenoxy) is 1. The standard InChI is InChI=1S/C14H22N4O3/c1-14(2,3)21-13(20)18-6-4-5-10(9-18)12(19)17-11-7-15-16-8-11/h7-8,10H,4-6,9H2,1-3H3,(H,15,16)(H,17,19)/t10-/m1/s1. The minimum absolute atomic E-state index is 0.0929. The number of carbonyl (C=O) groups is 2. The lowest BCUT2D eigenvalue weighted by atomic mass is 9.97. The molecule has 0 aliphatic carbocycles. The molecule has 2 heterocycles. The Morgan fingerprint density at radius 2 is 2.24 bits per heavy atom. The van der Waals surface area contributed by atoms with Crippen LogP contribution in [0.4, 0.5) is 10.5 Å². The number of aromatic amines is 1. The fourth-order valence-electron chi connectivity index (χ4n) is 2.25. The lowest BCUT2D eigenvalue weighted by Crippen LogP contribution is -2.45. The van der Waals surface area contributed by atoms with Crippen LogP contribution < -0.4 is 5.32 Å². The SMILES string of the molecule is CC(C)(C)OC(=O)N1CCC[C@@H](C(=O)Nc2cn[nH]c2)C1. The van der Waals surface area contributed by atoms with Gasteiger partial charge in [0.1, 0.15) is 5.60 Å². The Labute approximate surface area is 124 Å². The topological polar surface area (TPSA) is 87.3 Å². The molecule has 0 aromatic carbocycles. The monoisotopic (exact) mass is 294 g/mol. The van der Waals surface area contributed by atoms with Crippen molar-refractivity contribution in [2.45, 2.75) is 39.2 Å². The molecule has 1 aromatic rings. The van der Waals surface area contributed by atoms with Crippen molar-refractivity contribution < 1.29 is 14.3 Å². The predicted molar refractivity (Wildman–Crippen MR) is 77.7 cm³/mol. The van der Waals surface area contributed by atoms with E-state index >= 15 is 0 Å². The van der Waals surface area contributed by atoms with Gasteiger partial charge in [0.05, 0.1) is 17.8 Å². The van der Waals surface area contributed by atoms with Gasteiger partial charge in [-0.15, -0.1) is 0 Å². The average Bonchev–Trinajstić information content (AvgIpc) is 2.90. The van der Waals surface area contributed by atoms with Crippen molar-refractivity contribution in [3.63, 3.8) is 0 Å². The van der Waals surface area contributed by atoms with E-state index in [1.54, 1.807) is 17.3 Å². The van der Waals surface area contributed by atoms with Crippen LogP contribution in [0.15, 0.2) is 12.4 Å². The molecule has 7 heteroatoms.